The number of amides is 3. The molecule has 0 aromatic heterocycles. The smallest absolute Gasteiger partial charge is 0.234 e. The summed E-state index contributed by atoms with van der Waals surface area (Å²) in [6.07, 6.45) is -0.160. The predicted molar refractivity (Wildman–Crippen MR) is 172 cm³/mol. The van der Waals surface area contributed by atoms with E-state index < -0.39 is 23.5 Å². The number of nitrogens with zero attached hydrogens (tertiary/aromatic N) is 2. The molecule has 3 amide bonds. The number of nitrogens with two attached hydrogens (primary N) is 1. The summed E-state index contributed by atoms with van der Waals surface area (Å²) in [7, 11) is 0. The molecular weight excluding hydrogens is 655 g/mol. The summed E-state index contributed by atoms with van der Waals surface area (Å²) in [6, 6.07) is 0.483. The van der Waals surface area contributed by atoms with Gasteiger partial charge in [-0.05, 0) is 18.1 Å². The molecule has 1 saturated heterocycles. The minimum Gasteiger partial charge on any atom is -0.377 e. The number of rotatable bonds is 27. The highest BCUT2D eigenvalue weighted by Gasteiger charge is 2.24. The number of carbonyl (C=O) groups excluding carboxylic acids is 3. The van der Waals surface area contributed by atoms with Crippen molar-refractivity contribution in [3.63, 3.8) is 0 Å². The van der Waals surface area contributed by atoms with Gasteiger partial charge in [0.2, 0.25) is 17.7 Å². The second-order valence-corrected chi connectivity index (χ2v) is 11.2. The van der Waals surface area contributed by atoms with Crippen LogP contribution in [0.2, 0.25) is 0 Å². The lowest BCUT2D eigenvalue weighted by atomic mass is 10.0. The molecule has 2 rings (SSSR count). The van der Waals surface area contributed by atoms with Crippen molar-refractivity contribution in [1.82, 2.24) is 20.4 Å². The maximum atomic E-state index is 13.9. The van der Waals surface area contributed by atoms with Gasteiger partial charge in [0.25, 0.3) is 0 Å². The van der Waals surface area contributed by atoms with Gasteiger partial charge in [-0.3, -0.25) is 19.3 Å². The first-order valence-electron chi connectivity index (χ1n) is 16.5. The number of nitrogens with one attached hydrogen (secondary N) is 2. The first-order valence-corrected chi connectivity index (χ1v) is 16.5. The topological polar surface area (TPSA) is 163 Å². The number of hydrogen-bond acceptors (Lipinski definition) is 11. The maximum absolute atomic E-state index is 13.9. The number of benzene rings is 1. The van der Waals surface area contributed by atoms with Crippen molar-refractivity contribution < 1.29 is 56.0 Å². The predicted octanol–water partition coefficient (Wildman–Crippen LogP) is -0.140. The van der Waals surface area contributed by atoms with E-state index in [1.165, 1.54) is 6.92 Å². The summed E-state index contributed by atoms with van der Waals surface area (Å²) in [5, 5.41) is 5.45. The lowest BCUT2D eigenvalue weighted by Crippen LogP contribution is -2.52. The maximum Gasteiger partial charge on any atom is 0.234 e. The molecule has 1 aromatic carbocycles. The molecule has 49 heavy (non-hydrogen) atoms. The van der Waals surface area contributed by atoms with Crippen molar-refractivity contribution in [2.24, 2.45) is 5.73 Å². The third-order valence-electron chi connectivity index (χ3n) is 7.15. The third-order valence-corrected chi connectivity index (χ3v) is 7.15. The Balaban J connectivity index is 1.34. The van der Waals surface area contributed by atoms with Crippen LogP contribution in [-0.4, -0.2) is 159 Å². The zero-order valence-corrected chi connectivity index (χ0v) is 28.4. The molecule has 17 heteroatoms. The number of hydrogen-bond donors (Lipinski definition) is 3. The van der Waals surface area contributed by atoms with E-state index in [9.17, 15) is 27.6 Å². The van der Waals surface area contributed by atoms with Crippen LogP contribution in [0.3, 0.4) is 0 Å². The van der Waals surface area contributed by atoms with E-state index in [1.54, 1.807) is 4.90 Å². The Morgan fingerprint density at radius 1 is 0.694 bits per heavy atom. The first kappa shape index (κ1) is 42.3. The van der Waals surface area contributed by atoms with Gasteiger partial charge < -0.3 is 49.7 Å². The van der Waals surface area contributed by atoms with Gasteiger partial charge in [-0.1, -0.05) is 0 Å². The zero-order valence-electron chi connectivity index (χ0n) is 28.4. The van der Waals surface area contributed by atoms with Crippen molar-refractivity contribution in [1.29, 1.82) is 0 Å². The average molecular weight is 708 g/mol. The summed E-state index contributed by atoms with van der Waals surface area (Å²) >= 11 is 0. The largest absolute Gasteiger partial charge is 0.377 e. The Morgan fingerprint density at radius 2 is 1.14 bits per heavy atom. The average Bonchev–Trinajstić information content (AvgIpc) is 3.06. The van der Waals surface area contributed by atoms with Crippen LogP contribution in [0.25, 0.3) is 0 Å². The molecular formula is C32H52F3N5O9. The molecule has 280 valence electrons. The van der Waals surface area contributed by atoms with Crippen LogP contribution >= 0.6 is 0 Å². The number of carbonyl (C=O) groups is 3. The van der Waals surface area contributed by atoms with Crippen LogP contribution < -0.4 is 16.4 Å². The lowest BCUT2D eigenvalue weighted by Gasteiger charge is -2.34. The third kappa shape index (κ3) is 20.4. The zero-order chi connectivity index (χ0) is 35.7. The van der Waals surface area contributed by atoms with Crippen LogP contribution in [0, 0.1) is 17.5 Å². The van der Waals surface area contributed by atoms with Crippen LogP contribution in [0.1, 0.15) is 18.9 Å². The molecule has 1 atom stereocenters. The highest BCUT2D eigenvalue weighted by molar-refractivity contribution is 5.78. The van der Waals surface area contributed by atoms with Crippen LogP contribution in [0.5, 0.6) is 0 Å². The van der Waals surface area contributed by atoms with E-state index in [2.05, 4.69) is 10.6 Å². The Morgan fingerprint density at radius 3 is 1.63 bits per heavy atom. The van der Waals surface area contributed by atoms with Gasteiger partial charge in [0.1, 0.15) is 5.82 Å². The van der Waals surface area contributed by atoms with Gasteiger partial charge >= 0.3 is 0 Å². The number of ether oxygens (including phenoxy) is 6. The number of halogens is 3. The van der Waals surface area contributed by atoms with Gasteiger partial charge in [-0.25, -0.2) is 13.2 Å². The minimum atomic E-state index is -1.28. The Kier molecular flexibility index (Phi) is 22.4. The minimum absolute atomic E-state index is 0.0618. The fourth-order valence-electron chi connectivity index (χ4n) is 4.61. The van der Waals surface area contributed by atoms with E-state index in [-0.39, 0.29) is 42.7 Å². The van der Waals surface area contributed by atoms with Crippen LogP contribution in [0.4, 0.5) is 13.2 Å². The fourth-order valence-corrected chi connectivity index (χ4v) is 4.61. The first-order chi connectivity index (χ1) is 23.7. The monoisotopic (exact) mass is 707 g/mol. The van der Waals surface area contributed by atoms with Crippen molar-refractivity contribution in [3.8, 4) is 0 Å². The van der Waals surface area contributed by atoms with Crippen LogP contribution in [0.15, 0.2) is 12.1 Å². The SMILES string of the molecule is CC(=O)NCCOCCOCCOCCOCCOCCOCCNC(=O)CN1CCN(C(=O)C[C@H](N)Cc2cc(F)c(F)cc2F)CC1. The van der Waals surface area contributed by atoms with E-state index in [4.69, 9.17) is 34.2 Å². The van der Waals surface area contributed by atoms with Gasteiger partial charge in [0, 0.05) is 64.7 Å². The molecule has 4 N–H and O–H groups in total. The van der Waals surface area contributed by atoms with Gasteiger partial charge in [-0.15, -0.1) is 0 Å². The molecule has 0 spiro atoms. The fraction of sp³-hybridized carbons (Fsp3) is 0.719. The molecule has 0 bridgehead atoms. The Labute approximate surface area is 286 Å². The summed E-state index contributed by atoms with van der Waals surface area (Å²) in [4.78, 5) is 39.2. The van der Waals surface area contributed by atoms with Gasteiger partial charge in [-0.2, -0.15) is 0 Å². The highest BCUT2D eigenvalue weighted by atomic mass is 19.2. The Bertz CT molecular complexity index is 1100. The summed E-state index contributed by atoms with van der Waals surface area (Å²) in [6.45, 7) is 9.49. The Hall–Kier alpha value is -2.90. The molecule has 1 aliphatic heterocycles. The number of piperazine rings is 1. The van der Waals surface area contributed by atoms with Crippen molar-refractivity contribution in [3.05, 3.63) is 35.1 Å². The van der Waals surface area contributed by atoms with Crippen molar-refractivity contribution in [2.45, 2.75) is 25.8 Å². The molecule has 0 radical (unpaired) electrons. The molecule has 0 saturated carbocycles. The van der Waals surface area contributed by atoms with Gasteiger partial charge in [0.15, 0.2) is 11.6 Å². The second kappa shape index (κ2) is 26.0. The van der Waals surface area contributed by atoms with Crippen molar-refractivity contribution in [2.75, 3.05) is 125 Å². The van der Waals surface area contributed by atoms with Gasteiger partial charge in [0.05, 0.1) is 85.8 Å². The molecule has 1 aliphatic rings. The van der Waals surface area contributed by atoms with Crippen LogP contribution in [-0.2, 0) is 49.2 Å². The highest BCUT2D eigenvalue weighted by Crippen LogP contribution is 2.16. The van der Waals surface area contributed by atoms with Crippen molar-refractivity contribution >= 4 is 17.7 Å². The standard InChI is InChI=1S/C32H52F3N5O9/c1-25(41)37-2-8-44-10-12-46-14-16-48-18-19-49-17-15-47-13-11-45-9-3-38-31(42)24-39-4-6-40(7-5-39)32(43)22-27(36)20-26-21-29(34)30(35)23-28(26)33/h21,23,27H,2-20,22,24,36H2,1H3,(H,37,41)(H,38,42)/t27-/m1/s1. The molecule has 1 aromatic rings. The molecule has 14 nitrogen and oxygen atoms in total. The molecule has 1 fully saturated rings. The molecule has 1 heterocycles. The molecule has 0 aliphatic carbocycles. The quantitative estimate of drug-likeness (QED) is 0.0825. The lowest BCUT2D eigenvalue weighted by molar-refractivity contribution is -0.133. The summed E-state index contributed by atoms with van der Waals surface area (Å²) in [5.74, 6) is -3.79. The summed E-state index contributed by atoms with van der Waals surface area (Å²) < 4.78 is 72.9. The molecule has 0 unspecified atom stereocenters. The normalized spacial score (nSPS) is 14.2. The van der Waals surface area contributed by atoms with E-state index in [0.717, 1.165) is 6.07 Å². The summed E-state index contributed by atoms with van der Waals surface area (Å²) in [5.41, 5.74) is 5.90. The van der Waals surface area contributed by atoms with E-state index >= 15 is 0 Å². The van der Waals surface area contributed by atoms with E-state index in [0.29, 0.717) is 125 Å². The van der Waals surface area contributed by atoms with E-state index in [1.807, 2.05) is 4.90 Å². The second-order valence-electron chi connectivity index (χ2n) is 11.2.